The van der Waals surface area contributed by atoms with E-state index in [-0.39, 0.29) is 5.56 Å². The van der Waals surface area contributed by atoms with Gasteiger partial charge in [0.05, 0.1) is 25.3 Å². The van der Waals surface area contributed by atoms with E-state index in [9.17, 15) is 9.59 Å². The maximum absolute atomic E-state index is 11.7. The molecule has 6 heteroatoms. The van der Waals surface area contributed by atoms with Gasteiger partial charge in [-0.25, -0.2) is 4.79 Å². The van der Waals surface area contributed by atoms with Crippen molar-refractivity contribution in [2.45, 2.75) is 0 Å². The molecule has 2 rings (SSSR count). The van der Waals surface area contributed by atoms with Crippen LogP contribution in [0.2, 0.25) is 0 Å². The quantitative estimate of drug-likeness (QED) is 0.901. The lowest BCUT2D eigenvalue weighted by Crippen LogP contribution is -2.19. The molecule has 1 N–H and O–H groups in total. The Kier molecular flexibility index (Phi) is 3.16. The van der Waals surface area contributed by atoms with Crippen molar-refractivity contribution in [3.05, 3.63) is 34.1 Å². The number of hydrogen-bond acceptors (Lipinski definition) is 4. The van der Waals surface area contributed by atoms with Crippen LogP contribution in [0.4, 0.5) is 0 Å². The molecule has 100 valence electrons. The number of aromatic carboxylic acids is 1. The average Bonchev–Trinajstić information content (AvgIpc) is 2.41. The molecule has 1 aromatic carbocycles. The van der Waals surface area contributed by atoms with Crippen LogP contribution in [0.3, 0.4) is 0 Å². The summed E-state index contributed by atoms with van der Waals surface area (Å²) in [6.07, 6.45) is 0. The number of rotatable bonds is 3. The van der Waals surface area contributed by atoms with Crippen molar-refractivity contribution in [1.82, 2.24) is 4.57 Å². The molecule has 0 amide bonds. The number of methoxy groups -OCH3 is 2. The van der Waals surface area contributed by atoms with Gasteiger partial charge in [-0.1, -0.05) is 0 Å². The lowest BCUT2D eigenvalue weighted by atomic mass is 10.1. The van der Waals surface area contributed by atoms with Gasteiger partial charge in [0.25, 0.3) is 5.56 Å². The molecule has 19 heavy (non-hydrogen) atoms. The van der Waals surface area contributed by atoms with Crippen LogP contribution in [0.15, 0.2) is 23.0 Å². The van der Waals surface area contributed by atoms with Gasteiger partial charge in [-0.15, -0.1) is 0 Å². The molecule has 0 spiro atoms. The lowest BCUT2D eigenvalue weighted by Gasteiger charge is -2.12. The van der Waals surface area contributed by atoms with Crippen LogP contribution in [-0.2, 0) is 7.05 Å². The topological polar surface area (TPSA) is 77.8 Å². The van der Waals surface area contributed by atoms with Gasteiger partial charge in [-0.05, 0) is 6.07 Å². The molecule has 0 aliphatic carbocycles. The molecule has 1 aromatic heterocycles. The Morgan fingerprint density at radius 3 is 2.26 bits per heavy atom. The third-order valence-electron chi connectivity index (χ3n) is 2.98. The first kappa shape index (κ1) is 12.9. The molecule has 0 saturated heterocycles. The number of carboxylic acids is 1. The number of hydrogen-bond donors (Lipinski definition) is 1. The third-order valence-corrected chi connectivity index (χ3v) is 2.98. The van der Waals surface area contributed by atoms with Crippen molar-refractivity contribution in [3.63, 3.8) is 0 Å². The summed E-state index contributed by atoms with van der Waals surface area (Å²) in [6, 6.07) is 4.23. The largest absolute Gasteiger partial charge is 0.493 e. The van der Waals surface area contributed by atoms with Crippen molar-refractivity contribution in [2.75, 3.05) is 14.2 Å². The average molecular weight is 263 g/mol. The minimum atomic E-state index is -1.16. The Balaban J connectivity index is 2.97. The van der Waals surface area contributed by atoms with E-state index in [0.717, 1.165) is 6.07 Å². The van der Waals surface area contributed by atoms with Crippen LogP contribution in [0.1, 0.15) is 10.4 Å². The zero-order chi connectivity index (χ0) is 14.2. The van der Waals surface area contributed by atoms with Crippen molar-refractivity contribution in [3.8, 4) is 11.5 Å². The lowest BCUT2D eigenvalue weighted by molar-refractivity contribution is 0.0698. The second-order valence-electron chi connectivity index (χ2n) is 3.98. The summed E-state index contributed by atoms with van der Waals surface area (Å²) in [7, 11) is 4.51. The molecule has 0 aliphatic rings. The number of aryl methyl sites for hydroxylation is 1. The maximum atomic E-state index is 11.7. The van der Waals surface area contributed by atoms with E-state index in [4.69, 9.17) is 14.6 Å². The zero-order valence-corrected chi connectivity index (χ0v) is 10.8. The second-order valence-corrected chi connectivity index (χ2v) is 3.98. The molecule has 0 atom stereocenters. The highest BCUT2D eigenvalue weighted by atomic mass is 16.5. The molecule has 6 nitrogen and oxygen atoms in total. The molecule has 0 fully saturated rings. The van der Waals surface area contributed by atoms with Crippen molar-refractivity contribution >= 4 is 16.9 Å². The van der Waals surface area contributed by atoms with Gasteiger partial charge in [0, 0.05) is 24.6 Å². The van der Waals surface area contributed by atoms with E-state index in [1.807, 2.05) is 0 Å². The highest BCUT2D eigenvalue weighted by molar-refractivity contribution is 6.03. The fourth-order valence-electron chi connectivity index (χ4n) is 1.96. The van der Waals surface area contributed by atoms with Crippen molar-refractivity contribution in [2.24, 2.45) is 7.05 Å². The summed E-state index contributed by atoms with van der Waals surface area (Å²) in [5, 5.41) is 9.59. The highest BCUT2D eigenvalue weighted by Gasteiger charge is 2.16. The fourth-order valence-corrected chi connectivity index (χ4v) is 1.96. The molecule has 0 bridgehead atoms. The number of nitrogens with zero attached hydrogens (tertiary/aromatic N) is 1. The Labute approximate surface area is 108 Å². The normalized spacial score (nSPS) is 10.5. The number of fused-ring (bicyclic) bond motifs is 1. The maximum Gasteiger partial charge on any atom is 0.336 e. The van der Waals surface area contributed by atoms with Crippen LogP contribution in [-0.4, -0.2) is 29.9 Å². The van der Waals surface area contributed by atoms with Crippen LogP contribution < -0.4 is 15.0 Å². The van der Waals surface area contributed by atoms with Gasteiger partial charge < -0.3 is 19.1 Å². The second kappa shape index (κ2) is 4.64. The number of ether oxygens (including phenoxy) is 2. The van der Waals surface area contributed by atoms with Crippen LogP contribution in [0.5, 0.6) is 11.5 Å². The molecule has 2 aromatic rings. The molecule has 1 heterocycles. The van der Waals surface area contributed by atoms with Gasteiger partial charge in [-0.2, -0.15) is 0 Å². The SMILES string of the molecule is COc1cc2c(C(=O)O)cc(=O)n(C)c2cc1OC. The first-order valence-electron chi connectivity index (χ1n) is 5.48. The Morgan fingerprint density at radius 2 is 1.74 bits per heavy atom. The molecular weight excluding hydrogens is 250 g/mol. The summed E-state index contributed by atoms with van der Waals surface area (Å²) in [6.45, 7) is 0. The van der Waals surface area contributed by atoms with Crippen LogP contribution >= 0.6 is 0 Å². The number of carboxylic acid groups (broad SMARTS) is 1. The van der Waals surface area contributed by atoms with E-state index in [1.165, 1.54) is 18.8 Å². The minimum Gasteiger partial charge on any atom is -0.493 e. The highest BCUT2D eigenvalue weighted by Crippen LogP contribution is 2.32. The number of aromatic nitrogens is 1. The van der Waals surface area contributed by atoms with Gasteiger partial charge >= 0.3 is 5.97 Å². The first-order chi connectivity index (χ1) is 8.99. The molecule has 0 saturated carbocycles. The molecule has 0 unspecified atom stereocenters. The molecule has 0 aliphatic heterocycles. The van der Waals surface area contributed by atoms with E-state index >= 15 is 0 Å². The van der Waals surface area contributed by atoms with E-state index in [0.29, 0.717) is 22.4 Å². The zero-order valence-electron chi connectivity index (χ0n) is 10.8. The van der Waals surface area contributed by atoms with Gasteiger partial charge in [-0.3, -0.25) is 4.79 Å². The molecular formula is C13H13NO5. The van der Waals surface area contributed by atoms with Crippen LogP contribution in [0, 0.1) is 0 Å². The minimum absolute atomic E-state index is 0.0564. The Bertz CT molecular complexity index is 717. The van der Waals surface area contributed by atoms with E-state index in [2.05, 4.69) is 0 Å². The first-order valence-corrected chi connectivity index (χ1v) is 5.48. The van der Waals surface area contributed by atoms with Gasteiger partial charge in [0.15, 0.2) is 11.5 Å². The summed E-state index contributed by atoms with van der Waals surface area (Å²) in [5.41, 5.74) is 0.0266. The summed E-state index contributed by atoms with van der Waals surface area (Å²) >= 11 is 0. The smallest absolute Gasteiger partial charge is 0.336 e. The summed E-state index contributed by atoms with van der Waals surface area (Å²) < 4.78 is 11.7. The number of benzene rings is 1. The summed E-state index contributed by atoms with van der Waals surface area (Å²) in [4.78, 5) is 23.0. The van der Waals surface area contributed by atoms with Crippen LogP contribution in [0.25, 0.3) is 10.9 Å². The monoisotopic (exact) mass is 263 g/mol. The standard InChI is InChI=1S/C13H13NO5/c1-14-9-6-11(19-3)10(18-2)4-7(9)8(13(16)17)5-12(14)15/h4-6H,1-3H3,(H,16,17). The summed E-state index contributed by atoms with van der Waals surface area (Å²) in [5.74, 6) is -0.307. The Morgan fingerprint density at radius 1 is 1.16 bits per heavy atom. The van der Waals surface area contributed by atoms with Gasteiger partial charge in [0.1, 0.15) is 0 Å². The van der Waals surface area contributed by atoms with E-state index < -0.39 is 11.5 Å². The fraction of sp³-hybridized carbons (Fsp3) is 0.231. The predicted molar refractivity (Wildman–Crippen MR) is 69.3 cm³/mol. The van der Waals surface area contributed by atoms with Gasteiger partial charge in [0.2, 0.25) is 0 Å². The molecule has 0 radical (unpaired) electrons. The van der Waals surface area contributed by atoms with Crippen molar-refractivity contribution in [1.29, 1.82) is 0 Å². The van der Waals surface area contributed by atoms with E-state index in [1.54, 1.807) is 19.2 Å². The number of pyridine rings is 1. The predicted octanol–water partition coefficient (Wildman–Crippen LogP) is 1.25. The third kappa shape index (κ3) is 2.01. The Hall–Kier alpha value is -2.50. The number of carbonyl (C=O) groups is 1. The van der Waals surface area contributed by atoms with Crippen molar-refractivity contribution < 1.29 is 19.4 Å².